The molecule has 1 aliphatic rings. The fraction of sp³-hybridized carbons (Fsp3) is 0.500. The van der Waals surface area contributed by atoms with Crippen molar-refractivity contribution in [2.24, 2.45) is 0 Å². The fourth-order valence-electron chi connectivity index (χ4n) is 2.04. The normalized spacial score (nSPS) is 20.7. The van der Waals surface area contributed by atoms with Gasteiger partial charge in [-0.05, 0) is 44.0 Å². The van der Waals surface area contributed by atoms with E-state index in [1.807, 2.05) is 0 Å². The number of sulfonamides is 1. The standard InChI is InChI=1S/C12H17FN2O2S/c1-9-4-5-11(13)12(7-9)15-18(16,17)10-3-2-6-14-8-10/h4-5,7,10,14-15H,2-3,6,8H2,1H3. The first-order valence-corrected chi connectivity index (χ1v) is 7.52. The van der Waals surface area contributed by atoms with E-state index in [1.54, 1.807) is 13.0 Å². The third kappa shape index (κ3) is 3.00. The van der Waals surface area contributed by atoms with E-state index in [0.717, 1.165) is 18.5 Å². The van der Waals surface area contributed by atoms with Crippen molar-refractivity contribution in [3.8, 4) is 0 Å². The van der Waals surface area contributed by atoms with E-state index in [9.17, 15) is 12.8 Å². The quantitative estimate of drug-likeness (QED) is 0.879. The zero-order valence-corrected chi connectivity index (χ0v) is 11.1. The molecule has 6 heteroatoms. The summed E-state index contributed by atoms with van der Waals surface area (Å²) in [5.74, 6) is -0.548. The lowest BCUT2D eigenvalue weighted by molar-refractivity contribution is 0.499. The fourth-order valence-corrected chi connectivity index (χ4v) is 3.48. The van der Waals surface area contributed by atoms with Crippen molar-refractivity contribution < 1.29 is 12.8 Å². The van der Waals surface area contributed by atoms with Crippen molar-refractivity contribution in [3.63, 3.8) is 0 Å². The molecule has 0 bridgehead atoms. The minimum atomic E-state index is -3.53. The van der Waals surface area contributed by atoms with Gasteiger partial charge >= 0.3 is 0 Å². The molecule has 4 nitrogen and oxygen atoms in total. The average molecular weight is 272 g/mol. The molecule has 1 aromatic rings. The van der Waals surface area contributed by atoms with Crippen LogP contribution < -0.4 is 10.0 Å². The van der Waals surface area contributed by atoms with Crippen molar-refractivity contribution in [1.29, 1.82) is 0 Å². The first-order valence-electron chi connectivity index (χ1n) is 5.97. The maximum atomic E-state index is 13.5. The maximum absolute atomic E-state index is 13.5. The Morgan fingerprint density at radius 2 is 2.22 bits per heavy atom. The Bertz CT molecular complexity index is 525. The number of anilines is 1. The molecule has 0 aromatic heterocycles. The highest BCUT2D eigenvalue weighted by Gasteiger charge is 2.27. The van der Waals surface area contributed by atoms with Gasteiger partial charge in [-0.15, -0.1) is 0 Å². The number of hydrogen-bond donors (Lipinski definition) is 2. The number of benzene rings is 1. The van der Waals surface area contributed by atoms with Crippen molar-refractivity contribution in [3.05, 3.63) is 29.6 Å². The number of aryl methyl sites for hydroxylation is 1. The molecule has 1 heterocycles. The van der Waals surface area contributed by atoms with Gasteiger partial charge in [0.25, 0.3) is 0 Å². The number of rotatable bonds is 3. The van der Waals surface area contributed by atoms with Gasteiger partial charge in [0, 0.05) is 6.54 Å². The minimum Gasteiger partial charge on any atom is -0.315 e. The van der Waals surface area contributed by atoms with Crippen LogP contribution in [0.25, 0.3) is 0 Å². The molecule has 0 amide bonds. The first-order chi connectivity index (χ1) is 8.49. The van der Waals surface area contributed by atoms with E-state index in [4.69, 9.17) is 0 Å². The second-order valence-electron chi connectivity index (χ2n) is 4.60. The van der Waals surface area contributed by atoms with E-state index in [0.29, 0.717) is 13.0 Å². The molecule has 1 saturated heterocycles. The van der Waals surface area contributed by atoms with Gasteiger partial charge in [-0.25, -0.2) is 12.8 Å². The molecule has 18 heavy (non-hydrogen) atoms. The molecule has 1 aromatic carbocycles. The van der Waals surface area contributed by atoms with Gasteiger partial charge < -0.3 is 5.32 Å². The highest BCUT2D eigenvalue weighted by Crippen LogP contribution is 2.20. The summed E-state index contributed by atoms with van der Waals surface area (Å²) in [6.45, 7) is 3.05. The largest absolute Gasteiger partial charge is 0.315 e. The summed E-state index contributed by atoms with van der Waals surface area (Å²) >= 11 is 0. The second-order valence-corrected chi connectivity index (χ2v) is 6.56. The van der Waals surface area contributed by atoms with Crippen LogP contribution in [0.1, 0.15) is 18.4 Å². The molecule has 0 saturated carbocycles. The molecule has 2 rings (SSSR count). The van der Waals surface area contributed by atoms with Gasteiger partial charge in [0.05, 0.1) is 10.9 Å². The Morgan fingerprint density at radius 3 is 2.89 bits per heavy atom. The molecule has 1 atom stereocenters. The Labute approximate surface area is 107 Å². The van der Waals surface area contributed by atoms with Gasteiger partial charge in [0.1, 0.15) is 5.82 Å². The number of nitrogens with one attached hydrogen (secondary N) is 2. The molecule has 2 N–H and O–H groups in total. The Kier molecular flexibility index (Phi) is 3.87. The zero-order valence-electron chi connectivity index (χ0n) is 10.2. The summed E-state index contributed by atoms with van der Waals surface area (Å²) in [6.07, 6.45) is 1.43. The third-order valence-corrected chi connectivity index (χ3v) is 4.85. The molecule has 0 radical (unpaired) electrons. The predicted molar refractivity (Wildman–Crippen MR) is 69.6 cm³/mol. The van der Waals surface area contributed by atoms with Crippen LogP contribution in [0.2, 0.25) is 0 Å². The molecule has 0 aliphatic carbocycles. The van der Waals surface area contributed by atoms with Gasteiger partial charge in [0.15, 0.2) is 0 Å². The highest BCUT2D eigenvalue weighted by atomic mass is 32.2. The van der Waals surface area contributed by atoms with Gasteiger partial charge in [-0.1, -0.05) is 6.07 Å². The topological polar surface area (TPSA) is 58.2 Å². The van der Waals surface area contributed by atoms with Crippen molar-refractivity contribution in [1.82, 2.24) is 5.32 Å². The predicted octanol–water partition coefficient (Wildman–Crippen LogP) is 1.63. The van der Waals surface area contributed by atoms with Crippen LogP contribution in [0.4, 0.5) is 10.1 Å². The molecule has 0 spiro atoms. The van der Waals surface area contributed by atoms with E-state index < -0.39 is 21.1 Å². The summed E-state index contributed by atoms with van der Waals surface area (Å²) < 4.78 is 40.1. The lowest BCUT2D eigenvalue weighted by atomic mass is 10.2. The lowest BCUT2D eigenvalue weighted by Crippen LogP contribution is -2.41. The maximum Gasteiger partial charge on any atom is 0.236 e. The monoisotopic (exact) mass is 272 g/mol. The van der Waals surface area contributed by atoms with Crippen LogP contribution in [-0.4, -0.2) is 26.8 Å². The summed E-state index contributed by atoms with van der Waals surface area (Å²) in [5, 5.41) is 2.55. The summed E-state index contributed by atoms with van der Waals surface area (Å²) in [6, 6.07) is 4.38. The van der Waals surface area contributed by atoms with Crippen LogP contribution in [0.3, 0.4) is 0 Å². The zero-order chi connectivity index (χ0) is 13.2. The number of piperidine rings is 1. The summed E-state index contributed by atoms with van der Waals surface area (Å²) in [5.41, 5.74) is 0.844. The number of halogens is 1. The highest BCUT2D eigenvalue weighted by molar-refractivity contribution is 7.93. The van der Waals surface area contributed by atoms with Crippen LogP contribution in [0.15, 0.2) is 18.2 Å². The smallest absolute Gasteiger partial charge is 0.236 e. The Hall–Kier alpha value is -1.14. The molecule has 100 valence electrons. The molecule has 1 fully saturated rings. The van der Waals surface area contributed by atoms with Crippen molar-refractivity contribution in [2.75, 3.05) is 17.8 Å². The van der Waals surface area contributed by atoms with Crippen LogP contribution in [-0.2, 0) is 10.0 Å². The molecular weight excluding hydrogens is 255 g/mol. The molecule has 1 aliphatic heterocycles. The summed E-state index contributed by atoms with van der Waals surface area (Å²) in [4.78, 5) is 0. The van der Waals surface area contributed by atoms with Gasteiger partial charge in [0.2, 0.25) is 10.0 Å². The number of hydrogen-bond acceptors (Lipinski definition) is 3. The van der Waals surface area contributed by atoms with E-state index in [-0.39, 0.29) is 5.69 Å². The van der Waals surface area contributed by atoms with Gasteiger partial charge in [-0.2, -0.15) is 0 Å². The minimum absolute atomic E-state index is 0.0283. The summed E-state index contributed by atoms with van der Waals surface area (Å²) in [7, 11) is -3.53. The van der Waals surface area contributed by atoms with E-state index in [2.05, 4.69) is 10.0 Å². The van der Waals surface area contributed by atoms with Crippen LogP contribution in [0.5, 0.6) is 0 Å². The van der Waals surface area contributed by atoms with Crippen molar-refractivity contribution >= 4 is 15.7 Å². The first kappa shape index (κ1) is 13.3. The molecule has 1 unspecified atom stereocenters. The third-order valence-electron chi connectivity index (χ3n) is 3.06. The van der Waals surface area contributed by atoms with Crippen LogP contribution >= 0.6 is 0 Å². The van der Waals surface area contributed by atoms with E-state index in [1.165, 1.54) is 12.1 Å². The van der Waals surface area contributed by atoms with Gasteiger partial charge in [-0.3, -0.25) is 4.72 Å². The second kappa shape index (κ2) is 5.24. The van der Waals surface area contributed by atoms with Crippen LogP contribution in [0, 0.1) is 12.7 Å². The average Bonchev–Trinajstić information content (AvgIpc) is 2.35. The van der Waals surface area contributed by atoms with Crippen molar-refractivity contribution in [2.45, 2.75) is 25.0 Å². The Balaban J connectivity index is 2.18. The SMILES string of the molecule is Cc1ccc(F)c(NS(=O)(=O)C2CCCNC2)c1. The van der Waals surface area contributed by atoms with E-state index >= 15 is 0 Å². The Morgan fingerprint density at radius 1 is 1.44 bits per heavy atom. The lowest BCUT2D eigenvalue weighted by Gasteiger charge is -2.23. The molecular formula is C12H17FN2O2S.